The Balaban J connectivity index is 1.02. The lowest BCUT2D eigenvalue weighted by molar-refractivity contribution is 0.820. The summed E-state index contributed by atoms with van der Waals surface area (Å²) in [5.41, 5.74) is 15.5. The monoisotopic (exact) mass is 794 g/mol. The summed E-state index contributed by atoms with van der Waals surface area (Å²) >= 11 is 0. The predicted octanol–water partition coefficient (Wildman–Crippen LogP) is 14.0. The fourth-order valence-electron chi connectivity index (χ4n) is 9.31. The molecule has 1 atom stereocenters. The number of allylic oxidation sites excluding steroid dienone is 1. The van der Waals surface area contributed by atoms with Crippen LogP contribution in [0.4, 0.5) is 39.8 Å². The van der Waals surface area contributed by atoms with E-state index < -0.39 is 0 Å². The summed E-state index contributed by atoms with van der Waals surface area (Å²) in [5.74, 6) is 0. The van der Waals surface area contributed by atoms with Crippen molar-refractivity contribution in [3.05, 3.63) is 235 Å². The van der Waals surface area contributed by atoms with Crippen LogP contribution in [0.15, 0.2) is 218 Å². The maximum atomic E-state index is 9.70. The largest absolute Gasteiger partial charge is 0.333 e. The van der Waals surface area contributed by atoms with Crippen LogP contribution in [0.3, 0.4) is 0 Å². The topological polar surface area (TPSA) is 62.2 Å². The molecule has 2 heterocycles. The van der Waals surface area contributed by atoms with Crippen molar-refractivity contribution in [3.8, 4) is 17.8 Å². The Kier molecular flexibility index (Phi) is 8.96. The van der Waals surface area contributed by atoms with Gasteiger partial charge in [0.15, 0.2) is 0 Å². The molecule has 0 fully saturated rings. The first-order valence-corrected chi connectivity index (χ1v) is 20.8. The number of anilines is 7. The lowest BCUT2D eigenvalue weighted by Gasteiger charge is -2.33. The Morgan fingerprint density at radius 1 is 0.468 bits per heavy atom. The van der Waals surface area contributed by atoms with Gasteiger partial charge in [-0.1, -0.05) is 78.9 Å². The molecule has 1 aliphatic carbocycles. The summed E-state index contributed by atoms with van der Waals surface area (Å²) in [6, 6.07) is 74.1. The third kappa shape index (κ3) is 6.18. The fraction of sp³-hybridized carbons (Fsp3) is 0.0357. The van der Waals surface area contributed by atoms with Gasteiger partial charge >= 0.3 is 0 Å². The molecule has 0 amide bonds. The summed E-state index contributed by atoms with van der Waals surface area (Å²) in [6.45, 7) is 0. The highest BCUT2D eigenvalue weighted by Gasteiger charge is 2.36. The van der Waals surface area contributed by atoms with Crippen molar-refractivity contribution in [3.63, 3.8) is 0 Å². The van der Waals surface area contributed by atoms with Gasteiger partial charge in [0, 0.05) is 67.5 Å². The zero-order valence-electron chi connectivity index (χ0n) is 33.7. The van der Waals surface area contributed by atoms with Gasteiger partial charge in [-0.25, -0.2) is 0 Å². The van der Waals surface area contributed by atoms with E-state index in [1.165, 1.54) is 27.9 Å². The molecule has 11 rings (SSSR count). The maximum absolute atomic E-state index is 9.70. The molecule has 0 spiro atoms. The summed E-state index contributed by atoms with van der Waals surface area (Å²) < 4.78 is 2.33. The lowest BCUT2D eigenvalue weighted by Crippen LogP contribution is -2.29. The molecule has 292 valence electrons. The molecule has 1 unspecified atom stereocenters. The SMILES string of the molecule is N#Cc1ccc(N(C2=CCC3C(=C2)c2ccccc2N3c2ccccc2)c2ccc(N(c3ccc(C#N)cc3)c3ccc4c(c3)c3ccccc3n4-c3ccccc3)cc2)cc1. The first kappa shape index (κ1) is 36.5. The van der Waals surface area contributed by atoms with E-state index in [1.54, 1.807) is 0 Å². The van der Waals surface area contributed by atoms with Gasteiger partial charge in [0.2, 0.25) is 0 Å². The van der Waals surface area contributed by atoms with Crippen molar-refractivity contribution < 1.29 is 0 Å². The smallest absolute Gasteiger partial charge is 0.0991 e. The van der Waals surface area contributed by atoms with Gasteiger partial charge in [-0.3, -0.25) is 0 Å². The molecule has 0 N–H and O–H groups in total. The molecule has 62 heavy (non-hydrogen) atoms. The maximum Gasteiger partial charge on any atom is 0.0991 e. The van der Waals surface area contributed by atoms with Gasteiger partial charge in [-0.2, -0.15) is 10.5 Å². The van der Waals surface area contributed by atoms with Crippen molar-refractivity contribution in [2.24, 2.45) is 0 Å². The van der Waals surface area contributed by atoms with E-state index in [0.29, 0.717) is 11.1 Å². The van der Waals surface area contributed by atoms with Gasteiger partial charge < -0.3 is 19.3 Å². The summed E-state index contributed by atoms with van der Waals surface area (Å²) in [5, 5.41) is 21.7. The number of hydrogen-bond donors (Lipinski definition) is 0. The minimum atomic E-state index is 0.170. The minimum absolute atomic E-state index is 0.170. The molecule has 1 aromatic heterocycles. The van der Waals surface area contributed by atoms with E-state index in [0.717, 1.165) is 62.7 Å². The average Bonchev–Trinajstić information content (AvgIpc) is 3.85. The van der Waals surface area contributed by atoms with Crippen molar-refractivity contribution in [1.29, 1.82) is 10.5 Å². The number of para-hydroxylation sites is 4. The van der Waals surface area contributed by atoms with Crippen LogP contribution in [0.25, 0.3) is 33.1 Å². The Morgan fingerprint density at radius 2 is 0.984 bits per heavy atom. The Bertz CT molecular complexity index is 3280. The van der Waals surface area contributed by atoms with E-state index in [2.05, 4.69) is 189 Å². The van der Waals surface area contributed by atoms with Crippen LogP contribution in [-0.2, 0) is 0 Å². The molecule has 2 aliphatic rings. The van der Waals surface area contributed by atoms with Gasteiger partial charge in [0.25, 0.3) is 0 Å². The van der Waals surface area contributed by atoms with E-state index in [-0.39, 0.29) is 6.04 Å². The first-order valence-electron chi connectivity index (χ1n) is 20.8. The highest BCUT2D eigenvalue weighted by atomic mass is 15.2. The molecule has 0 saturated heterocycles. The second-order valence-electron chi connectivity index (χ2n) is 15.6. The van der Waals surface area contributed by atoms with Crippen LogP contribution in [0, 0.1) is 22.7 Å². The summed E-state index contributed by atoms with van der Waals surface area (Å²) in [4.78, 5) is 7.01. The number of nitrogens with zero attached hydrogens (tertiary/aromatic N) is 6. The first-order chi connectivity index (χ1) is 30.7. The zero-order valence-corrected chi connectivity index (χ0v) is 33.7. The highest BCUT2D eigenvalue weighted by molar-refractivity contribution is 6.10. The Morgan fingerprint density at radius 3 is 1.63 bits per heavy atom. The van der Waals surface area contributed by atoms with E-state index >= 15 is 0 Å². The zero-order chi connectivity index (χ0) is 41.6. The number of fused-ring (bicyclic) bond motifs is 6. The molecule has 0 saturated carbocycles. The molecule has 8 aromatic carbocycles. The van der Waals surface area contributed by atoms with Crippen molar-refractivity contribution in [2.75, 3.05) is 14.7 Å². The molecular weight excluding hydrogens is 757 g/mol. The van der Waals surface area contributed by atoms with Crippen molar-refractivity contribution in [1.82, 2.24) is 4.57 Å². The average molecular weight is 795 g/mol. The lowest BCUT2D eigenvalue weighted by atomic mass is 9.93. The number of aromatic nitrogens is 1. The standard InChI is InChI=1S/C56H38N6/c57-37-39-19-23-43(24-20-39)59(47-31-33-55-51(35-47)49-15-7-9-17-53(49)61(55)41-11-3-1-4-12-41)45-27-29-46(30-28-45)60(44-25-21-40(38-58)22-26-44)48-32-34-56-52(36-48)50-16-8-10-18-54(50)62(56)42-13-5-2-6-14-42/h1-33,35-36,56H,34H2. The van der Waals surface area contributed by atoms with Crippen molar-refractivity contribution in [2.45, 2.75) is 12.5 Å². The van der Waals surface area contributed by atoms with E-state index in [4.69, 9.17) is 0 Å². The van der Waals surface area contributed by atoms with E-state index in [1.807, 2.05) is 54.6 Å². The second-order valence-corrected chi connectivity index (χ2v) is 15.6. The molecule has 6 nitrogen and oxygen atoms in total. The fourth-order valence-corrected chi connectivity index (χ4v) is 9.31. The normalized spacial score (nSPS) is 14.0. The molecular formula is C56H38N6. The molecule has 9 aromatic rings. The molecule has 1 aliphatic heterocycles. The Labute approximate surface area is 360 Å². The summed E-state index contributed by atoms with van der Waals surface area (Å²) in [6.07, 6.45) is 5.50. The number of nitriles is 2. The van der Waals surface area contributed by atoms with Gasteiger partial charge in [-0.05, 0) is 145 Å². The molecule has 0 bridgehead atoms. The van der Waals surface area contributed by atoms with Crippen LogP contribution in [0.1, 0.15) is 23.1 Å². The summed E-state index contributed by atoms with van der Waals surface area (Å²) in [7, 11) is 0. The minimum Gasteiger partial charge on any atom is -0.333 e. The van der Waals surface area contributed by atoms with Crippen LogP contribution in [0.2, 0.25) is 0 Å². The molecule has 0 radical (unpaired) electrons. The van der Waals surface area contributed by atoms with Gasteiger partial charge in [0.1, 0.15) is 0 Å². The van der Waals surface area contributed by atoms with Crippen molar-refractivity contribution >= 4 is 67.2 Å². The molecule has 6 heteroatoms. The number of benzene rings is 8. The predicted molar refractivity (Wildman–Crippen MR) is 253 cm³/mol. The quantitative estimate of drug-likeness (QED) is 0.153. The van der Waals surface area contributed by atoms with E-state index in [9.17, 15) is 10.5 Å². The van der Waals surface area contributed by atoms with Crippen LogP contribution < -0.4 is 14.7 Å². The van der Waals surface area contributed by atoms with Crippen LogP contribution in [-0.4, -0.2) is 10.6 Å². The Hall–Kier alpha value is -8.58. The van der Waals surface area contributed by atoms with Gasteiger partial charge in [-0.15, -0.1) is 0 Å². The third-order valence-corrected chi connectivity index (χ3v) is 12.1. The van der Waals surface area contributed by atoms with Crippen LogP contribution in [0.5, 0.6) is 0 Å². The number of rotatable bonds is 8. The highest BCUT2D eigenvalue weighted by Crippen LogP contribution is 2.49. The second kappa shape index (κ2) is 15.2. The number of hydrogen-bond acceptors (Lipinski definition) is 5. The third-order valence-electron chi connectivity index (χ3n) is 12.1. The van der Waals surface area contributed by atoms with Crippen LogP contribution >= 0.6 is 0 Å². The van der Waals surface area contributed by atoms with Gasteiger partial charge in [0.05, 0.1) is 40.3 Å².